The van der Waals surface area contributed by atoms with E-state index in [1.165, 1.54) is 0 Å². The minimum absolute atomic E-state index is 0. The lowest BCUT2D eigenvalue weighted by Gasteiger charge is -2.47. The SMILES string of the molecule is C=CC(=O)OCCC(C)C(C(C)C)(C(C)C)S(=O)(=O)[O-].[NH4+]. The molecule has 0 spiro atoms. The molecule has 0 aliphatic rings. The van der Waals surface area contributed by atoms with E-state index < -0.39 is 26.8 Å². The molecule has 0 saturated heterocycles. The average Bonchev–Trinajstić information content (AvgIpc) is 2.26. The zero-order valence-electron chi connectivity index (χ0n) is 13.9. The topological polar surface area (TPSA) is 120 Å². The van der Waals surface area contributed by atoms with Crippen LogP contribution in [0.5, 0.6) is 0 Å². The van der Waals surface area contributed by atoms with E-state index in [1.807, 2.05) is 0 Å². The lowest BCUT2D eigenvalue weighted by Crippen LogP contribution is -2.53. The second kappa shape index (κ2) is 8.51. The highest BCUT2D eigenvalue weighted by molar-refractivity contribution is 7.87. The molecule has 126 valence electrons. The number of hydrogen-bond donors (Lipinski definition) is 1. The van der Waals surface area contributed by atoms with Crippen molar-refractivity contribution in [1.29, 1.82) is 0 Å². The highest BCUT2D eigenvalue weighted by Gasteiger charge is 2.47. The minimum Gasteiger partial charge on any atom is -0.747 e. The van der Waals surface area contributed by atoms with Crippen LogP contribution in [0.3, 0.4) is 0 Å². The van der Waals surface area contributed by atoms with Gasteiger partial charge >= 0.3 is 5.97 Å². The first-order valence-corrected chi connectivity index (χ1v) is 8.17. The summed E-state index contributed by atoms with van der Waals surface area (Å²) >= 11 is 0. The smallest absolute Gasteiger partial charge is 0.330 e. The summed E-state index contributed by atoms with van der Waals surface area (Å²) < 4.78 is 39.1. The monoisotopic (exact) mass is 323 g/mol. The van der Waals surface area contributed by atoms with Gasteiger partial charge in [0.05, 0.1) is 11.4 Å². The molecule has 0 heterocycles. The van der Waals surface area contributed by atoms with Crippen molar-refractivity contribution in [2.24, 2.45) is 17.8 Å². The molecule has 0 aromatic carbocycles. The third kappa shape index (κ3) is 4.79. The van der Waals surface area contributed by atoms with Crippen LogP contribution in [-0.2, 0) is 19.6 Å². The summed E-state index contributed by atoms with van der Waals surface area (Å²) in [6.07, 6.45) is 1.37. The number of ether oxygens (including phenoxy) is 1. The molecular weight excluding hydrogens is 294 g/mol. The molecule has 0 aromatic rings. The van der Waals surface area contributed by atoms with Crippen LogP contribution in [-0.4, -0.2) is 30.3 Å². The highest BCUT2D eigenvalue weighted by atomic mass is 32.2. The average molecular weight is 323 g/mol. The van der Waals surface area contributed by atoms with Crippen molar-refractivity contribution < 1.29 is 22.5 Å². The summed E-state index contributed by atoms with van der Waals surface area (Å²) in [6, 6.07) is 0. The third-order valence-corrected chi connectivity index (χ3v) is 6.18. The molecule has 7 heteroatoms. The molecule has 21 heavy (non-hydrogen) atoms. The second-order valence-electron chi connectivity index (χ2n) is 5.68. The summed E-state index contributed by atoms with van der Waals surface area (Å²) in [5.74, 6) is -1.62. The van der Waals surface area contributed by atoms with E-state index in [-0.39, 0.29) is 24.6 Å². The van der Waals surface area contributed by atoms with Crippen molar-refractivity contribution in [3.05, 3.63) is 12.7 Å². The molecule has 0 aliphatic heterocycles. The Morgan fingerprint density at radius 3 is 1.95 bits per heavy atom. The zero-order valence-corrected chi connectivity index (χ0v) is 14.7. The number of rotatable bonds is 8. The first-order chi connectivity index (χ1) is 9.01. The van der Waals surface area contributed by atoms with Gasteiger partial charge in [0, 0.05) is 6.08 Å². The molecule has 0 bridgehead atoms. The fourth-order valence-corrected chi connectivity index (χ4v) is 5.01. The Hall–Kier alpha value is -0.920. The van der Waals surface area contributed by atoms with Gasteiger partial charge in [-0.25, -0.2) is 13.2 Å². The normalized spacial score (nSPS) is 13.7. The Balaban J connectivity index is 0. The van der Waals surface area contributed by atoms with Gasteiger partial charge < -0.3 is 15.4 Å². The van der Waals surface area contributed by atoms with Gasteiger partial charge in [0.25, 0.3) is 0 Å². The third-order valence-electron chi connectivity index (χ3n) is 3.97. The minimum atomic E-state index is -4.49. The molecule has 0 fully saturated rings. The van der Waals surface area contributed by atoms with Crippen LogP contribution in [0.25, 0.3) is 0 Å². The molecule has 0 aromatic heterocycles. The van der Waals surface area contributed by atoms with Gasteiger partial charge in [-0.3, -0.25) is 0 Å². The number of hydrogen-bond acceptors (Lipinski definition) is 5. The van der Waals surface area contributed by atoms with Crippen molar-refractivity contribution in [3.8, 4) is 0 Å². The van der Waals surface area contributed by atoms with Gasteiger partial charge in [-0.2, -0.15) is 0 Å². The van der Waals surface area contributed by atoms with Crippen LogP contribution in [0.2, 0.25) is 0 Å². The standard InChI is InChI=1S/C14H26O5S.H3N/c1-7-13(15)19-9-8-12(6)14(10(2)3,11(4)5)20(16,17)18;/h7,10-12H,1,8-9H2,2-6H3,(H,16,17,18);1H3. The molecule has 0 aliphatic carbocycles. The van der Waals surface area contributed by atoms with Crippen LogP contribution in [0.1, 0.15) is 41.0 Å². The number of carbonyl (C=O) groups is 1. The first-order valence-electron chi connectivity index (χ1n) is 6.76. The summed E-state index contributed by atoms with van der Waals surface area (Å²) in [5, 5.41) is 0. The number of carbonyl (C=O) groups excluding carboxylic acids is 1. The molecule has 6 nitrogen and oxygen atoms in total. The Morgan fingerprint density at radius 2 is 1.67 bits per heavy atom. The van der Waals surface area contributed by atoms with Crippen LogP contribution in [0.4, 0.5) is 0 Å². The van der Waals surface area contributed by atoms with E-state index in [1.54, 1.807) is 34.6 Å². The number of quaternary nitrogens is 1. The fraction of sp³-hybridized carbons (Fsp3) is 0.786. The van der Waals surface area contributed by atoms with E-state index in [2.05, 4.69) is 6.58 Å². The summed E-state index contributed by atoms with van der Waals surface area (Å²) in [5.41, 5.74) is 0. The van der Waals surface area contributed by atoms with E-state index in [0.717, 1.165) is 6.08 Å². The van der Waals surface area contributed by atoms with E-state index >= 15 is 0 Å². The lowest BCUT2D eigenvalue weighted by molar-refractivity contribution is -0.138. The fourth-order valence-electron chi connectivity index (χ4n) is 3.25. The molecular formula is C14H29NO5S. The molecule has 1 unspecified atom stereocenters. The predicted molar refractivity (Wildman–Crippen MR) is 83.0 cm³/mol. The van der Waals surface area contributed by atoms with E-state index in [0.29, 0.717) is 6.42 Å². The van der Waals surface area contributed by atoms with Crippen molar-refractivity contribution in [2.45, 2.75) is 45.8 Å². The van der Waals surface area contributed by atoms with Crippen LogP contribution in [0, 0.1) is 17.8 Å². The first kappa shape index (κ1) is 22.4. The van der Waals surface area contributed by atoms with Crippen molar-refractivity contribution in [1.82, 2.24) is 6.15 Å². The van der Waals surface area contributed by atoms with Crippen LogP contribution >= 0.6 is 0 Å². The zero-order chi connectivity index (χ0) is 16.1. The molecule has 0 saturated carbocycles. The molecule has 0 radical (unpaired) electrons. The largest absolute Gasteiger partial charge is 0.747 e. The summed E-state index contributed by atoms with van der Waals surface area (Å²) in [7, 11) is -4.49. The Bertz CT molecular complexity index is 434. The molecule has 0 amide bonds. The Morgan fingerprint density at radius 1 is 1.24 bits per heavy atom. The van der Waals surface area contributed by atoms with Crippen molar-refractivity contribution >= 4 is 16.1 Å². The predicted octanol–water partition coefficient (Wildman–Crippen LogP) is 2.71. The van der Waals surface area contributed by atoms with Gasteiger partial charge in [0.1, 0.15) is 10.1 Å². The molecule has 0 rings (SSSR count). The van der Waals surface area contributed by atoms with Gasteiger partial charge in [0.2, 0.25) is 0 Å². The van der Waals surface area contributed by atoms with Gasteiger partial charge in [-0.05, 0) is 24.2 Å². The second-order valence-corrected chi connectivity index (χ2v) is 7.29. The van der Waals surface area contributed by atoms with Crippen LogP contribution < -0.4 is 6.15 Å². The van der Waals surface area contributed by atoms with Crippen LogP contribution in [0.15, 0.2) is 12.7 Å². The summed E-state index contributed by atoms with van der Waals surface area (Å²) in [4.78, 5) is 11.0. The molecule has 1 atom stereocenters. The maximum absolute atomic E-state index is 11.9. The maximum Gasteiger partial charge on any atom is 0.330 e. The Labute approximate surface area is 128 Å². The molecule has 4 N–H and O–H groups in total. The van der Waals surface area contributed by atoms with Crippen molar-refractivity contribution in [3.63, 3.8) is 0 Å². The maximum atomic E-state index is 11.9. The quantitative estimate of drug-likeness (QED) is 0.418. The summed E-state index contributed by atoms with van der Waals surface area (Å²) in [6.45, 7) is 12.0. The van der Waals surface area contributed by atoms with E-state index in [4.69, 9.17) is 4.74 Å². The number of esters is 1. The highest BCUT2D eigenvalue weighted by Crippen LogP contribution is 2.42. The van der Waals surface area contributed by atoms with E-state index in [9.17, 15) is 17.8 Å². The van der Waals surface area contributed by atoms with Crippen molar-refractivity contribution in [2.75, 3.05) is 6.61 Å². The van der Waals surface area contributed by atoms with Gasteiger partial charge in [-0.1, -0.05) is 41.2 Å². The lowest BCUT2D eigenvalue weighted by atomic mass is 9.74. The van der Waals surface area contributed by atoms with Gasteiger partial charge in [-0.15, -0.1) is 0 Å². The Kier molecular flexibility index (Phi) is 9.06. The van der Waals surface area contributed by atoms with Gasteiger partial charge in [0.15, 0.2) is 0 Å².